The number of nitrogens with zero attached hydrogens (tertiary/aromatic N) is 2. The molecule has 6 heteroatoms. The number of hydrogen-bond acceptors (Lipinski definition) is 4. The van der Waals surface area contributed by atoms with Crippen LogP contribution >= 0.6 is 34.7 Å². The molecule has 0 radical (unpaired) electrons. The summed E-state index contributed by atoms with van der Waals surface area (Å²) in [5, 5.41) is 2.58. The largest absolute Gasteiger partial charge is 0.342 e. The van der Waals surface area contributed by atoms with Crippen LogP contribution in [0.15, 0.2) is 15.9 Å². The van der Waals surface area contributed by atoms with Gasteiger partial charge in [0.1, 0.15) is 10.2 Å². The topological polar surface area (TPSA) is 33.2 Å². The van der Waals surface area contributed by atoms with E-state index in [2.05, 4.69) is 4.98 Å². The first kappa shape index (κ1) is 12.2. The molecule has 88 valence electrons. The Morgan fingerprint density at radius 3 is 2.94 bits per heavy atom. The van der Waals surface area contributed by atoms with Gasteiger partial charge in [-0.15, -0.1) is 22.9 Å². The van der Waals surface area contributed by atoms with E-state index in [4.69, 9.17) is 11.6 Å². The lowest BCUT2D eigenvalue weighted by Gasteiger charge is -2.30. The maximum Gasteiger partial charge on any atom is 0.237 e. The van der Waals surface area contributed by atoms with Gasteiger partial charge in [-0.05, 0) is 12.8 Å². The second-order valence-electron chi connectivity index (χ2n) is 3.63. The predicted octanol–water partition coefficient (Wildman–Crippen LogP) is 2.47. The molecule has 0 bridgehead atoms. The van der Waals surface area contributed by atoms with Crippen LogP contribution in [0, 0.1) is 0 Å². The molecular weight excluding hydrogens is 264 g/mol. The number of thioether (sulfide) groups is 1. The van der Waals surface area contributed by atoms with E-state index in [1.807, 2.05) is 28.2 Å². The van der Waals surface area contributed by atoms with E-state index in [1.165, 1.54) is 0 Å². The third-order valence-corrected chi connectivity index (χ3v) is 5.07. The highest BCUT2D eigenvalue weighted by Gasteiger charge is 2.23. The van der Waals surface area contributed by atoms with Gasteiger partial charge < -0.3 is 4.90 Å². The molecule has 1 aliphatic heterocycles. The van der Waals surface area contributed by atoms with Gasteiger partial charge in [0, 0.05) is 29.9 Å². The molecule has 1 amide bonds. The second kappa shape index (κ2) is 5.89. The Hall–Kier alpha value is -0.260. The molecule has 3 nitrogen and oxygen atoms in total. The lowest BCUT2D eigenvalue weighted by Crippen LogP contribution is -2.39. The molecule has 1 aliphatic rings. The average Bonchev–Trinajstić information content (AvgIpc) is 2.82. The van der Waals surface area contributed by atoms with Crippen molar-refractivity contribution >= 4 is 40.6 Å². The van der Waals surface area contributed by atoms with Crippen molar-refractivity contribution < 1.29 is 4.79 Å². The smallest absolute Gasteiger partial charge is 0.237 e. The monoisotopic (exact) mass is 276 g/mol. The molecule has 2 heterocycles. The highest BCUT2D eigenvalue weighted by Crippen LogP contribution is 2.31. The summed E-state index contributed by atoms with van der Waals surface area (Å²) in [5.41, 5.74) is 0. The van der Waals surface area contributed by atoms with E-state index >= 15 is 0 Å². The normalized spacial score (nSPS) is 17.7. The van der Waals surface area contributed by atoms with Gasteiger partial charge in [-0.25, -0.2) is 4.98 Å². The van der Waals surface area contributed by atoms with Crippen molar-refractivity contribution in [2.24, 2.45) is 0 Å². The zero-order valence-electron chi connectivity index (χ0n) is 8.76. The first-order chi connectivity index (χ1) is 7.79. The molecule has 1 aromatic heterocycles. The van der Waals surface area contributed by atoms with Crippen LogP contribution in [0.2, 0.25) is 0 Å². The fourth-order valence-electron chi connectivity index (χ4n) is 1.72. The summed E-state index contributed by atoms with van der Waals surface area (Å²) in [4.78, 5) is 17.5. The van der Waals surface area contributed by atoms with E-state index in [9.17, 15) is 4.79 Å². The third-order valence-electron chi connectivity index (χ3n) is 2.59. The number of thiazole rings is 1. The van der Waals surface area contributed by atoms with Crippen molar-refractivity contribution in [1.82, 2.24) is 9.88 Å². The molecule has 0 N–H and O–H groups in total. The van der Waals surface area contributed by atoms with Gasteiger partial charge in [-0.1, -0.05) is 11.8 Å². The van der Waals surface area contributed by atoms with Crippen LogP contribution in [-0.4, -0.2) is 40.0 Å². The maximum atomic E-state index is 11.4. The van der Waals surface area contributed by atoms with Crippen molar-refractivity contribution in [3.63, 3.8) is 0 Å². The Labute approximate surface area is 108 Å². The molecule has 0 saturated carbocycles. The molecule has 2 rings (SSSR count). The maximum absolute atomic E-state index is 11.4. The van der Waals surface area contributed by atoms with Crippen LogP contribution in [0.3, 0.4) is 0 Å². The number of halogens is 1. The zero-order valence-corrected chi connectivity index (χ0v) is 11.2. The summed E-state index contributed by atoms with van der Waals surface area (Å²) in [6.45, 7) is 1.66. The van der Waals surface area contributed by atoms with Gasteiger partial charge >= 0.3 is 0 Å². The number of rotatable bonds is 3. The van der Waals surface area contributed by atoms with Crippen molar-refractivity contribution in [2.45, 2.75) is 22.4 Å². The van der Waals surface area contributed by atoms with Crippen molar-refractivity contribution in [3.05, 3.63) is 11.6 Å². The Morgan fingerprint density at radius 1 is 1.62 bits per heavy atom. The van der Waals surface area contributed by atoms with Gasteiger partial charge in [-0.3, -0.25) is 4.79 Å². The molecule has 0 atom stereocenters. The average molecular weight is 277 g/mol. The molecule has 0 unspecified atom stereocenters. The Balaban J connectivity index is 1.79. The zero-order chi connectivity index (χ0) is 11.4. The van der Waals surface area contributed by atoms with Crippen molar-refractivity contribution in [1.29, 1.82) is 0 Å². The summed E-state index contributed by atoms with van der Waals surface area (Å²) >= 11 is 9.04. The number of carbonyl (C=O) groups is 1. The van der Waals surface area contributed by atoms with Gasteiger partial charge in [0.05, 0.1) is 0 Å². The summed E-state index contributed by atoms with van der Waals surface area (Å²) in [5.74, 6) is 0.156. The quantitative estimate of drug-likeness (QED) is 0.795. The Morgan fingerprint density at radius 2 is 2.38 bits per heavy atom. The van der Waals surface area contributed by atoms with Crippen LogP contribution in [0.1, 0.15) is 12.8 Å². The van der Waals surface area contributed by atoms with Crippen molar-refractivity contribution in [2.75, 3.05) is 19.0 Å². The minimum absolute atomic E-state index is 0.0550. The summed E-state index contributed by atoms with van der Waals surface area (Å²) in [6.07, 6.45) is 3.90. The first-order valence-corrected chi connectivity index (χ1v) is 7.49. The van der Waals surface area contributed by atoms with Crippen LogP contribution in [0.25, 0.3) is 0 Å². The fourth-order valence-corrected chi connectivity index (χ4v) is 3.90. The number of likely N-dealkylation sites (tertiary alicyclic amines) is 1. The highest BCUT2D eigenvalue weighted by molar-refractivity contribution is 8.01. The van der Waals surface area contributed by atoms with Gasteiger partial charge in [0.15, 0.2) is 0 Å². The molecule has 0 aromatic carbocycles. The molecule has 1 fully saturated rings. The van der Waals surface area contributed by atoms with Crippen LogP contribution in [0.4, 0.5) is 0 Å². The number of amides is 1. The molecular formula is C10H13ClN2OS2. The minimum atomic E-state index is 0.0550. The van der Waals surface area contributed by atoms with E-state index in [0.29, 0.717) is 5.25 Å². The predicted molar refractivity (Wildman–Crippen MR) is 68.3 cm³/mol. The number of alkyl halides is 1. The van der Waals surface area contributed by atoms with Crippen LogP contribution < -0.4 is 0 Å². The number of aromatic nitrogens is 1. The molecule has 16 heavy (non-hydrogen) atoms. The SMILES string of the molecule is O=C(CCl)N1CCC(Sc2nccs2)CC1. The Bertz CT molecular complexity index is 337. The molecule has 0 aliphatic carbocycles. The minimum Gasteiger partial charge on any atom is -0.342 e. The second-order valence-corrected chi connectivity index (χ2v) is 6.34. The van der Waals surface area contributed by atoms with E-state index < -0.39 is 0 Å². The Kier molecular flexibility index (Phi) is 4.49. The standard InChI is InChI=1S/C10H13ClN2OS2/c11-7-9(14)13-4-1-8(2-5-13)16-10-12-3-6-15-10/h3,6,8H,1-2,4-5,7H2. The molecule has 0 spiro atoms. The van der Waals surface area contributed by atoms with Gasteiger partial charge in [0.25, 0.3) is 0 Å². The molecule has 1 aromatic rings. The van der Waals surface area contributed by atoms with Gasteiger partial charge in [0.2, 0.25) is 5.91 Å². The van der Waals surface area contributed by atoms with E-state index in [1.54, 1.807) is 11.3 Å². The first-order valence-electron chi connectivity index (χ1n) is 5.19. The third kappa shape index (κ3) is 3.12. The number of piperidine rings is 1. The lowest BCUT2D eigenvalue weighted by molar-refractivity contribution is -0.129. The van der Waals surface area contributed by atoms with E-state index in [0.717, 1.165) is 30.3 Å². The summed E-state index contributed by atoms with van der Waals surface area (Å²) in [7, 11) is 0. The van der Waals surface area contributed by atoms with Crippen LogP contribution in [0.5, 0.6) is 0 Å². The number of carbonyl (C=O) groups excluding carboxylic acids is 1. The summed E-state index contributed by atoms with van der Waals surface area (Å²) in [6, 6.07) is 0. The van der Waals surface area contributed by atoms with Gasteiger partial charge in [-0.2, -0.15) is 0 Å². The van der Waals surface area contributed by atoms with Crippen molar-refractivity contribution in [3.8, 4) is 0 Å². The summed E-state index contributed by atoms with van der Waals surface area (Å²) < 4.78 is 1.13. The fraction of sp³-hybridized carbons (Fsp3) is 0.600. The van der Waals surface area contributed by atoms with E-state index in [-0.39, 0.29) is 11.8 Å². The lowest BCUT2D eigenvalue weighted by atomic mass is 10.1. The molecule has 1 saturated heterocycles. The highest BCUT2D eigenvalue weighted by atomic mass is 35.5. The van der Waals surface area contributed by atoms with Crippen LogP contribution in [-0.2, 0) is 4.79 Å². The number of hydrogen-bond donors (Lipinski definition) is 0.